The highest BCUT2D eigenvalue weighted by molar-refractivity contribution is 9.12. The summed E-state index contributed by atoms with van der Waals surface area (Å²) in [5.74, 6) is 0. The van der Waals surface area contributed by atoms with Gasteiger partial charge in [0, 0.05) is 11.3 Å². The molecular weight excluding hydrogens is 454 g/mol. The van der Waals surface area contributed by atoms with Crippen LogP contribution < -0.4 is 5.32 Å². The second-order valence-corrected chi connectivity index (χ2v) is 11.4. The molecule has 3 aromatic carbocycles. The molecule has 0 bridgehead atoms. The number of fused-ring (bicyclic) bond motifs is 1. The van der Waals surface area contributed by atoms with Crippen molar-refractivity contribution in [3.05, 3.63) is 105 Å². The normalized spacial score (nSPS) is 14.4. The Bertz CT molecular complexity index is 1180. The zero-order valence-electron chi connectivity index (χ0n) is 19.9. The lowest BCUT2D eigenvalue weighted by molar-refractivity contribution is 0.590. The summed E-state index contributed by atoms with van der Waals surface area (Å²) in [4.78, 5) is 0. The molecule has 0 unspecified atom stereocenters. The third-order valence-corrected chi connectivity index (χ3v) is 6.69. The molecule has 0 amide bonds. The van der Waals surface area contributed by atoms with E-state index in [0.29, 0.717) is 0 Å². The first-order valence-corrected chi connectivity index (χ1v) is 12.0. The highest BCUT2D eigenvalue weighted by Gasteiger charge is 2.21. The van der Waals surface area contributed by atoms with Gasteiger partial charge in [0.1, 0.15) is 0 Å². The monoisotopic (exact) mass is 485 g/mol. The molecule has 4 rings (SSSR count). The average Bonchev–Trinajstić information content (AvgIpc) is 2.88. The lowest BCUT2D eigenvalue weighted by Crippen LogP contribution is -2.11. The van der Waals surface area contributed by atoms with Gasteiger partial charge in [-0.25, -0.2) is 0 Å². The van der Waals surface area contributed by atoms with E-state index in [9.17, 15) is 0 Å². The van der Waals surface area contributed by atoms with Gasteiger partial charge < -0.3 is 5.32 Å². The van der Waals surface area contributed by atoms with Gasteiger partial charge in [-0.05, 0) is 72.3 Å². The van der Waals surface area contributed by atoms with Gasteiger partial charge in [0.15, 0.2) is 0 Å². The van der Waals surface area contributed by atoms with Crippen molar-refractivity contribution < 1.29 is 0 Å². The molecule has 32 heavy (non-hydrogen) atoms. The zero-order chi connectivity index (χ0) is 23.1. The average molecular weight is 486 g/mol. The molecule has 1 aliphatic heterocycles. The third kappa shape index (κ3) is 4.61. The predicted octanol–water partition coefficient (Wildman–Crippen LogP) is 9.01. The predicted molar refractivity (Wildman–Crippen MR) is 144 cm³/mol. The number of para-hydroxylation sites is 1. The molecule has 0 radical (unpaired) electrons. The van der Waals surface area contributed by atoms with Crippen molar-refractivity contribution in [1.29, 1.82) is 0 Å². The van der Waals surface area contributed by atoms with E-state index in [1.54, 1.807) is 0 Å². The first-order valence-electron chi connectivity index (χ1n) is 11.2. The highest BCUT2D eigenvalue weighted by atomic mass is 79.9. The number of anilines is 1. The van der Waals surface area contributed by atoms with Crippen LogP contribution in [0.1, 0.15) is 69.4 Å². The van der Waals surface area contributed by atoms with Gasteiger partial charge >= 0.3 is 0 Å². The molecule has 0 saturated heterocycles. The zero-order valence-corrected chi connectivity index (χ0v) is 21.5. The van der Waals surface area contributed by atoms with Crippen molar-refractivity contribution in [2.75, 3.05) is 5.32 Å². The van der Waals surface area contributed by atoms with Crippen molar-refractivity contribution >= 4 is 38.8 Å². The van der Waals surface area contributed by atoms with Crippen molar-refractivity contribution in [2.45, 2.75) is 52.4 Å². The molecule has 1 nitrogen and oxygen atoms in total. The smallest absolute Gasteiger partial charge is 0.0910 e. The quantitative estimate of drug-likeness (QED) is 0.357. The SMILES string of the molecule is CC(C)(C)c1ccc(C2=Cc3ccccc3NC(Br)=C2c2ccc(C(C)(C)C)cc2)cc1. The van der Waals surface area contributed by atoms with Crippen LogP contribution in [-0.4, -0.2) is 0 Å². The molecule has 2 heteroatoms. The van der Waals surface area contributed by atoms with Gasteiger partial charge in [0.05, 0.1) is 4.61 Å². The molecule has 0 aliphatic carbocycles. The van der Waals surface area contributed by atoms with Crippen molar-refractivity contribution in [3.8, 4) is 0 Å². The number of halogens is 1. The summed E-state index contributed by atoms with van der Waals surface area (Å²) in [6.45, 7) is 13.5. The number of allylic oxidation sites excluding steroid dienone is 2. The fourth-order valence-electron chi connectivity index (χ4n) is 4.06. The van der Waals surface area contributed by atoms with Crippen LogP contribution in [0.4, 0.5) is 5.69 Å². The first kappa shape index (κ1) is 22.6. The van der Waals surface area contributed by atoms with Crippen molar-refractivity contribution in [3.63, 3.8) is 0 Å². The van der Waals surface area contributed by atoms with E-state index in [4.69, 9.17) is 0 Å². The maximum Gasteiger partial charge on any atom is 0.0910 e. The van der Waals surface area contributed by atoms with Crippen LogP contribution in [0.15, 0.2) is 77.4 Å². The van der Waals surface area contributed by atoms with Gasteiger partial charge in [0.25, 0.3) is 0 Å². The van der Waals surface area contributed by atoms with E-state index in [1.807, 2.05) is 0 Å². The molecule has 0 saturated carbocycles. The molecule has 1 N–H and O–H groups in total. The summed E-state index contributed by atoms with van der Waals surface area (Å²) in [6.07, 6.45) is 2.30. The molecular formula is C30H32BrN. The maximum absolute atomic E-state index is 3.88. The molecule has 0 fully saturated rings. The molecule has 3 aromatic rings. The third-order valence-electron chi connectivity index (χ3n) is 6.10. The Morgan fingerprint density at radius 3 is 1.66 bits per heavy atom. The van der Waals surface area contributed by atoms with Crippen LogP contribution in [0.5, 0.6) is 0 Å². The largest absolute Gasteiger partial charge is 0.349 e. The molecule has 1 aliphatic rings. The van der Waals surface area contributed by atoms with Crippen LogP contribution in [0.25, 0.3) is 17.2 Å². The Morgan fingerprint density at radius 2 is 1.12 bits per heavy atom. The van der Waals surface area contributed by atoms with Crippen LogP contribution in [0.2, 0.25) is 0 Å². The van der Waals surface area contributed by atoms with Crippen LogP contribution in [-0.2, 0) is 10.8 Å². The van der Waals surface area contributed by atoms with Gasteiger partial charge in [-0.15, -0.1) is 0 Å². The van der Waals surface area contributed by atoms with Crippen LogP contribution in [0, 0.1) is 0 Å². The second-order valence-electron chi connectivity index (χ2n) is 10.6. The Labute approximate surface area is 201 Å². The molecule has 164 valence electrons. The fraction of sp³-hybridized carbons (Fsp3) is 0.267. The topological polar surface area (TPSA) is 12.0 Å². The Kier molecular flexibility index (Phi) is 5.94. The minimum atomic E-state index is 0.129. The summed E-state index contributed by atoms with van der Waals surface area (Å²) < 4.78 is 0.983. The molecule has 0 atom stereocenters. The van der Waals surface area contributed by atoms with Gasteiger partial charge in [0.2, 0.25) is 0 Å². The van der Waals surface area contributed by atoms with Gasteiger partial charge in [-0.3, -0.25) is 0 Å². The van der Waals surface area contributed by atoms with Crippen molar-refractivity contribution in [2.24, 2.45) is 0 Å². The van der Waals surface area contributed by atoms with E-state index in [-0.39, 0.29) is 10.8 Å². The van der Waals surface area contributed by atoms with E-state index in [2.05, 4.69) is 142 Å². The van der Waals surface area contributed by atoms with Gasteiger partial charge in [-0.1, -0.05) is 108 Å². The van der Waals surface area contributed by atoms with E-state index < -0.39 is 0 Å². The Morgan fingerprint density at radius 1 is 0.625 bits per heavy atom. The molecule has 0 spiro atoms. The summed E-state index contributed by atoms with van der Waals surface area (Å²) in [7, 11) is 0. The Hall–Kier alpha value is -2.58. The fourth-order valence-corrected chi connectivity index (χ4v) is 4.72. The van der Waals surface area contributed by atoms with E-state index in [1.165, 1.54) is 39.0 Å². The van der Waals surface area contributed by atoms with E-state index >= 15 is 0 Å². The lowest BCUT2D eigenvalue weighted by atomic mass is 9.84. The summed E-state index contributed by atoms with van der Waals surface area (Å²) in [5.41, 5.74) is 10.0. The maximum atomic E-state index is 3.88. The van der Waals surface area contributed by atoms with Gasteiger partial charge in [-0.2, -0.15) is 0 Å². The Balaban J connectivity index is 1.88. The number of hydrogen-bond donors (Lipinski definition) is 1. The number of nitrogens with one attached hydrogen (secondary N) is 1. The molecule has 1 heterocycles. The van der Waals surface area contributed by atoms with Crippen LogP contribution in [0.3, 0.4) is 0 Å². The summed E-state index contributed by atoms with van der Waals surface area (Å²) in [6, 6.07) is 26.5. The standard InChI is InChI=1S/C30H32BrN/c1-29(2,3)23-15-11-20(12-16-23)25-19-22-9-7-8-10-26(22)32-28(31)27(25)21-13-17-24(18-14-21)30(4,5)6/h7-19,32H,1-6H3. The number of rotatable bonds is 2. The minimum Gasteiger partial charge on any atom is -0.349 e. The van der Waals surface area contributed by atoms with Crippen molar-refractivity contribution in [1.82, 2.24) is 0 Å². The first-order chi connectivity index (χ1) is 15.0. The minimum absolute atomic E-state index is 0.129. The summed E-state index contributed by atoms with van der Waals surface area (Å²) in [5, 5.41) is 3.60. The summed E-state index contributed by atoms with van der Waals surface area (Å²) >= 11 is 3.88. The second kappa shape index (κ2) is 8.41. The number of hydrogen-bond acceptors (Lipinski definition) is 1. The molecule has 0 aromatic heterocycles. The van der Waals surface area contributed by atoms with E-state index in [0.717, 1.165) is 10.3 Å². The highest BCUT2D eigenvalue weighted by Crippen LogP contribution is 2.42. The lowest BCUT2D eigenvalue weighted by Gasteiger charge is -2.21. The number of benzene rings is 3. The van der Waals surface area contributed by atoms with Crippen LogP contribution >= 0.6 is 15.9 Å².